The molecule has 0 N–H and O–H groups in total. The Balaban J connectivity index is 2.37. The van der Waals surface area contributed by atoms with Crippen LogP contribution in [0.4, 0.5) is 0 Å². The molecule has 13 heavy (non-hydrogen) atoms. The zero-order chi connectivity index (χ0) is 8.84. The fourth-order valence-corrected chi connectivity index (χ4v) is 1.92. The second-order valence-electron chi connectivity index (χ2n) is 3.29. The fourth-order valence-electron chi connectivity index (χ4n) is 1.92. The number of aromatic nitrogens is 3. The van der Waals surface area contributed by atoms with Crippen molar-refractivity contribution in [2.24, 2.45) is 0 Å². The highest BCUT2D eigenvalue weighted by atomic mass is 15.4. The van der Waals surface area contributed by atoms with Crippen molar-refractivity contribution in [2.45, 2.75) is 13.0 Å². The first-order valence-electron chi connectivity index (χ1n) is 4.37. The number of fused-ring (bicyclic) bond motifs is 3. The van der Waals surface area contributed by atoms with Crippen molar-refractivity contribution in [3.63, 3.8) is 0 Å². The molecule has 64 valence electrons. The minimum Gasteiger partial charge on any atom is -0.238 e. The topological polar surface area (TPSA) is 30.7 Å². The van der Waals surface area contributed by atoms with Gasteiger partial charge in [-0.3, -0.25) is 0 Å². The maximum Gasteiger partial charge on any atom is 0.158 e. The van der Waals surface area contributed by atoms with E-state index in [1.54, 1.807) is 6.33 Å². The summed E-state index contributed by atoms with van der Waals surface area (Å²) in [5.41, 5.74) is 2.53. The van der Waals surface area contributed by atoms with Crippen molar-refractivity contribution in [3.05, 3.63) is 36.2 Å². The molecule has 1 aliphatic rings. The average molecular weight is 171 g/mol. The minimum atomic E-state index is 0.327. The van der Waals surface area contributed by atoms with Crippen LogP contribution < -0.4 is 0 Å². The molecule has 0 radical (unpaired) electrons. The summed E-state index contributed by atoms with van der Waals surface area (Å²) < 4.78 is 1.96. The molecule has 0 fully saturated rings. The smallest absolute Gasteiger partial charge is 0.158 e. The van der Waals surface area contributed by atoms with Crippen LogP contribution in [0.2, 0.25) is 0 Å². The molecular weight excluding hydrogens is 162 g/mol. The molecule has 1 atom stereocenters. The monoisotopic (exact) mass is 171 g/mol. The summed E-state index contributed by atoms with van der Waals surface area (Å²) in [6.07, 6.45) is 1.61. The van der Waals surface area contributed by atoms with Gasteiger partial charge in [-0.2, -0.15) is 5.10 Å². The molecule has 0 saturated heterocycles. The Hall–Kier alpha value is -1.64. The van der Waals surface area contributed by atoms with Crippen LogP contribution in [0.3, 0.4) is 0 Å². The molecule has 3 rings (SSSR count). The predicted octanol–water partition coefficient (Wildman–Crippen LogP) is 1.87. The summed E-state index contributed by atoms with van der Waals surface area (Å²) in [6.45, 7) is 2.14. The first-order chi connectivity index (χ1) is 6.38. The van der Waals surface area contributed by atoms with Crippen LogP contribution in [-0.2, 0) is 0 Å². The highest BCUT2D eigenvalue weighted by molar-refractivity contribution is 5.65. The molecule has 2 aromatic rings. The van der Waals surface area contributed by atoms with E-state index in [1.807, 2.05) is 10.7 Å². The van der Waals surface area contributed by atoms with Crippen LogP contribution >= 0.6 is 0 Å². The third kappa shape index (κ3) is 0.736. The fraction of sp³-hybridized carbons (Fsp3) is 0.200. The van der Waals surface area contributed by atoms with Gasteiger partial charge in [-0.15, -0.1) is 0 Å². The van der Waals surface area contributed by atoms with E-state index < -0.39 is 0 Å². The van der Waals surface area contributed by atoms with E-state index in [-0.39, 0.29) is 0 Å². The summed E-state index contributed by atoms with van der Waals surface area (Å²) in [4.78, 5) is 4.24. The lowest BCUT2D eigenvalue weighted by Gasteiger charge is -2.04. The maximum atomic E-state index is 4.24. The van der Waals surface area contributed by atoms with Crippen LogP contribution in [0.15, 0.2) is 30.6 Å². The van der Waals surface area contributed by atoms with Gasteiger partial charge in [-0.05, 0) is 12.5 Å². The molecule has 3 nitrogen and oxygen atoms in total. The highest BCUT2D eigenvalue weighted by Crippen LogP contribution is 2.36. The van der Waals surface area contributed by atoms with E-state index in [9.17, 15) is 0 Å². The van der Waals surface area contributed by atoms with E-state index in [2.05, 4.69) is 35.2 Å². The lowest BCUT2D eigenvalue weighted by Crippen LogP contribution is -2.01. The Bertz CT molecular complexity index is 459. The molecule has 1 aromatic carbocycles. The van der Waals surface area contributed by atoms with Gasteiger partial charge >= 0.3 is 0 Å². The van der Waals surface area contributed by atoms with Crippen LogP contribution in [0.1, 0.15) is 18.5 Å². The second-order valence-corrected chi connectivity index (χ2v) is 3.29. The van der Waals surface area contributed by atoms with Crippen molar-refractivity contribution in [1.29, 1.82) is 0 Å². The molecule has 0 saturated carbocycles. The Morgan fingerprint density at radius 2 is 2.15 bits per heavy atom. The average Bonchev–Trinajstić information content (AvgIpc) is 2.72. The lowest BCUT2D eigenvalue weighted by atomic mass is 10.1. The van der Waals surface area contributed by atoms with Gasteiger partial charge in [-0.25, -0.2) is 9.67 Å². The van der Waals surface area contributed by atoms with Gasteiger partial charge in [-0.1, -0.05) is 24.3 Å². The predicted molar refractivity (Wildman–Crippen MR) is 49.3 cm³/mol. The van der Waals surface area contributed by atoms with Crippen molar-refractivity contribution in [2.75, 3.05) is 0 Å². The summed E-state index contributed by atoms with van der Waals surface area (Å²) in [7, 11) is 0. The number of nitrogens with zero attached hydrogens (tertiary/aromatic N) is 3. The standard InChI is InChI=1S/C10H9N3/c1-7-8-4-2-3-5-9(8)10-11-6-12-13(7)10/h2-7H,1H3. The normalized spacial score (nSPS) is 18.4. The van der Waals surface area contributed by atoms with Crippen molar-refractivity contribution in [1.82, 2.24) is 14.8 Å². The van der Waals surface area contributed by atoms with Crippen LogP contribution in [0.25, 0.3) is 11.4 Å². The van der Waals surface area contributed by atoms with Gasteiger partial charge in [0.2, 0.25) is 0 Å². The minimum absolute atomic E-state index is 0.327. The second kappa shape index (κ2) is 2.19. The van der Waals surface area contributed by atoms with Gasteiger partial charge in [0.25, 0.3) is 0 Å². The Labute approximate surface area is 76.0 Å². The molecule has 0 aliphatic carbocycles. The molecule has 0 spiro atoms. The van der Waals surface area contributed by atoms with Gasteiger partial charge in [0.15, 0.2) is 5.82 Å². The molecule has 1 unspecified atom stereocenters. The van der Waals surface area contributed by atoms with Crippen molar-refractivity contribution < 1.29 is 0 Å². The highest BCUT2D eigenvalue weighted by Gasteiger charge is 2.25. The van der Waals surface area contributed by atoms with Gasteiger partial charge in [0.1, 0.15) is 6.33 Å². The molecule has 0 bridgehead atoms. The van der Waals surface area contributed by atoms with Crippen LogP contribution in [0.5, 0.6) is 0 Å². The van der Waals surface area contributed by atoms with Crippen molar-refractivity contribution >= 4 is 0 Å². The molecule has 0 amide bonds. The zero-order valence-corrected chi connectivity index (χ0v) is 7.31. The molecule has 2 heterocycles. The van der Waals surface area contributed by atoms with Gasteiger partial charge < -0.3 is 0 Å². The number of hydrogen-bond acceptors (Lipinski definition) is 2. The Morgan fingerprint density at radius 3 is 3.08 bits per heavy atom. The summed E-state index contributed by atoms with van der Waals surface area (Å²) in [6, 6.07) is 8.65. The lowest BCUT2D eigenvalue weighted by molar-refractivity contribution is 0.593. The summed E-state index contributed by atoms with van der Waals surface area (Å²) in [5, 5.41) is 4.20. The first-order valence-corrected chi connectivity index (χ1v) is 4.37. The van der Waals surface area contributed by atoms with Gasteiger partial charge in [0.05, 0.1) is 6.04 Å². The van der Waals surface area contributed by atoms with E-state index in [0.29, 0.717) is 6.04 Å². The molecular formula is C10H9N3. The third-order valence-electron chi connectivity index (χ3n) is 2.59. The Morgan fingerprint density at radius 1 is 1.31 bits per heavy atom. The largest absolute Gasteiger partial charge is 0.238 e. The Kier molecular flexibility index (Phi) is 1.15. The maximum absolute atomic E-state index is 4.24. The van der Waals surface area contributed by atoms with Gasteiger partial charge in [0, 0.05) is 5.56 Å². The van der Waals surface area contributed by atoms with Crippen LogP contribution in [-0.4, -0.2) is 14.8 Å². The summed E-state index contributed by atoms with van der Waals surface area (Å²) >= 11 is 0. The van der Waals surface area contributed by atoms with Crippen molar-refractivity contribution in [3.8, 4) is 11.4 Å². The number of hydrogen-bond donors (Lipinski definition) is 0. The quantitative estimate of drug-likeness (QED) is 0.605. The van der Waals surface area contributed by atoms with Crippen LogP contribution in [0, 0.1) is 0 Å². The third-order valence-corrected chi connectivity index (χ3v) is 2.59. The number of benzene rings is 1. The van der Waals surface area contributed by atoms with E-state index >= 15 is 0 Å². The zero-order valence-electron chi connectivity index (χ0n) is 7.31. The number of rotatable bonds is 0. The summed E-state index contributed by atoms with van der Waals surface area (Å²) in [5.74, 6) is 0.989. The molecule has 1 aromatic heterocycles. The van der Waals surface area contributed by atoms with E-state index in [1.165, 1.54) is 11.1 Å². The molecule has 1 aliphatic heterocycles. The SMILES string of the molecule is CC1c2ccccc2-c2ncnn21. The van der Waals surface area contributed by atoms with E-state index in [0.717, 1.165) is 5.82 Å². The van der Waals surface area contributed by atoms with E-state index in [4.69, 9.17) is 0 Å². The first kappa shape index (κ1) is 6.83. The molecule has 3 heteroatoms.